The van der Waals surface area contributed by atoms with Gasteiger partial charge in [-0.25, -0.2) is 9.97 Å². The molecule has 0 radical (unpaired) electrons. The second-order valence-corrected chi connectivity index (χ2v) is 3.46. The third-order valence-electron chi connectivity index (χ3n) is 2.57. The van der Waals surface area contributed by atoms with E-state index in [1.54, 1.807) is 25.0 Å². The van der Waals surface area contributed by atoms with Crippen molar-refractivity contribution in [2.45, 2.75) is 26.9 Å². The summed E-state index contributed by atoms with van der Waals surface area (Å²) in [5.41, 5.74) is 1.22. The molecule has 0 atom stereocenters. The number of carbonyl (C=O) groups excluding carboxylic acids is 1. The van der Waals surface area contributed by atoms with E-state index in [0.29, 0.717) is 11.4 Å². The number of nitrogens with zero attached hydrogens (tertiary/aromatic N) is 4. The average molecular weight is 218 g/mol. The van der Waals surface area contributed by atoms with Gasteiger partial charge < -0.3 is 9.13 Å². The molecule has 0 bridgehead atoms. The van der Waals surface area contributed by atoms with E-state index in [9.17, 15) is 4.79 Å². The van der Waals surface area contributed by atoms with E-state index in [0.717, 1.165) is 13.1 Å². The van der Waals surface area contributed by atoms with Gasteiger partial charge in [0.2, 0.25) is 5.78 Å². The van der Waals surface area contributed by atoms with Gasteiger partial charge in [-0.05, 0) is 13.8 Å². The summed E-state index contributed by atoms with van der Waals surface area (Å²) in [5, 5.41) is 0. The minimum Gasteiger partial charge on any atom is -0.328 e. The molecule has 0 saturated carbocycles. The quantitative estimate of drug-likeness (QED) is 0.728. The number of imidazole rings is 2. The van der Waals surface area contributed by atoms with E-state index in [2.05, 4.69) is 9.97 Å². The van der Waals surface area contributed by atoms with Crippen LogP contribution >= 0.6 is 0 Å². The van der Waals surface area contributed by atoms with Gasteiger partial charge in [-0.3, -0.25) is 4.79 Å². The molecule has 0 aliphatic heterocycles. The monoisotopic (exact) mass is 218 g/mol. The van der Waals surface area contributed by atoms with E-state index in [-0.39, 0.29) is 5.78 Å². The first-order valence-corrected chi connectivity index (χ1v) is 5.32. The van der Waals surface area contributed by atoms with Crippen molar-refractivity contribution in [3.05, 3.63) is 36.4 Å². The topological polar surface area (TPSA) is 52.7 Å². The number of hydrogen-bond donors (Lipinski definition) is 0. The fourth-order valence-electron chi connectivity index (χ4n) is 1.65. The molecular weight excluding hydrogens is 204 g/mol. The minimum absolute atomic E-state index is 0.0290. The predicted octanol–water partition coefficient (Wildman–Crippen LogP) is 1.35. The van der Waals surface area contributed by atoms with Crippen LogP contribution in [0, 0.1) is 0 Å². The van der Waals surface area contributed by atoms with Crippen LogP contribution in [0.5, 0.6) is 0 Å². The van der Waals surface area contributed by atoms with Crippen LogP contribution in [0.3, 0.4) is 0 Å². The fourth-order valence-corrected chi connectivity index (χ4v) is 1.65. The smallest absolute Gasteiger partial charge is 0.228 e. The van der Waals surface area contributed by atoms with Crippen LogP contribution < -0.4 is 0 Å². The molecule has 2 aromatic heterocycles. The lowest BCUT2D eigenvalue weighted by Gasteiger charge is -2.05. The standard InChI is InChI=1S/C11H14N4O/c1-3-14-7-12-5-9(14)11(16)10-6-13-8-15(10)4-2/h5-8H,3-4H2,1-2H3. The summed E-state index contributed by atoms with van der Waals surface area (Å²) >= 11 is 0. The molecule has 84 valence electrons. The second kappa shape index (κ2) is 4.30. The average Bonchev–Trinajstić information content (AvgIpc) is 2.96. The third-order valence-corrected chi connectivity index (χ3v) is 2.57. The highest BCUT2D eigenvalue weighted by molar-refractivity contribution is 6.06. The molecule has 0 saturated heterocycles. The number of hydrogen-bond acceptors (Lipinski definition) is 3. The van der Waals surface area contributed by atoms with Crippen LogP contribution in [0.1, 0.15) is 30.0 Å². The molecule has 16 heavy (non-hydrogen) atoms. The van der Waals surface area contributed by atoms with Gasteiger partial charge in [0.15, 0.2) is 0 Å². The summed E-state index contributed by atoms with van der Waals surface area (Å²) in [6.45, 7) is 5.44. The third kappa shape index (κ3) is 1.64. The normalized spacial score (nSPS) is 10.6. The summed E-state index contributed by atoms with van der Waals surface area (Å²) in [7, 11) is 0. The van der Waals surface area contributed by atoms with E-state index in [1.165, 1.54) is 0 Å². The molecule has 0 aliphatic carbocycles. The molecule has 0 spiro atoms. The molecule has 0 fully saturated rings. The van der Waals surface area contributed by atoms with Gasteiger partial charge in [-0.2, -0.15) is 0 Å². The van der Waals surface area contributed by atoms with Gasteiger partial charge in [0.05, 0.1) is 25.0 Å². The van der Waals surface area contributed by atoms with E-state index < -0.39 is 0 Å². The molecule has 0 aromatic carbocycles. The molecule has 2 aromatic rings. The Morgan fingerprint density at radius 2 is 1.50 bits per heavy atom. The molecule has 0 unspecified atom stereocenters. The van der Waals surface area contributed by atoms with E-state index in [1.807, 2.05) is 23.0 Å². The maximum atomic E-state index is 12.2. The minimum atomic E-state index is -0.0290. The van der Waals surface area contributed by atoms with Crippen LogP contribution in [-0.4, -0.2) is 24.9 Å². The number of carbonyl (C=O) groups is 1. The lowest BCUT2D eigenvalue weighted by Crippen LogP contribution is -2.13. The van der Waals surface area contributed by atoms with Crippen molar-refractivity contribution in [2.75, 3.05) is 0 Å². The Kier molecular flexibility index (Phi) is 2.85. The van der Waals surface area contributed by atoms with Crippen LogP contribution in [0.2, 0.25) is 0 Å². The van der Waals surface area contributed by atoms with Crippen molar-refractivity contribution in [2.24, 2.45) is 0 Å². The molecule has 2 rings (SSSR count). The van der Waals surface area contributed by atoms with Gasteiger partial charge >= 0.3 is 0 Å². The zero-order chi connectivity index (χ0) is 11.5. The Bertz CT molecular complexity index is 453. The van der Waals surface area contributed by atoms with Crippen molar-refractivity contribution in [3.8, 4) is 0 Å². The molecule has 0 N–H and O–H groups in total. The largest absolute Gasteiger partial charge is 0.328 e. The SMILES string of the molecule is CCn1cncc1C(=O)c1cncn1CC. The van der Waals surface area contributed by atoms with E-state index >= 15 is 0 Å². The van der Waals surface area contributed by atoms with Gasteiger partial charge in [0, 0.05) is 13.1 Å². The highest BCUT2D eigenvalue weighted by atomic mass is 16.1. The highest BCUT2D eigenvalue weighted by Crippen LogP contribution is 2.09. The molecule has 2 heterocycles. The van der Waals surface area contributed by atoms with Crippen molar-refractivity contribution in [3.63, 3.8) is 0 Å². The molecule has 0 amide bonds. The Morgan fingerprint density at radius 3 is 1.88 bits per heavy atom. The van der Waals surface area contributed by atoms with Crippen molar-refractivity contribution >= 4 is 5.78 Å². The lowest BCUT2D eigenvalue weighted by atomic mass is 10.2. The fraction of sp³-hybridized carbons (Fsp3) is 0.364. The first-order chi connectivity index (χ1) is 7.77. The number of aryl methyl sites for hydroxylation is 2. The zero-order valence-electron chi connectivity index (χ0n) is 9.42. The Balaban J connectivity index is 2.39. The number of aromatic nitrogens is 4. The van der Waals surface area contributed by atoms with Crippen LogP contribution in [0.4, 0.5) is 0 Å². The maximum absolute atomic E-state index is 12.2. The highest BCUT2D eigenvalue weighted by Gasteiger charge is 2.16. The maximum Gasteiger partial charge on any atom is 0.228 e. The van der Waals surface area contributed by atoms with Gasteiger partial charge in [0.1, 0.15) is 11.4 Å². The van der Waals surface area contributed by atoms with E-state index in [4.69, 9.17) is 0 Å². The van der Waals surface area contributed by atoms with Crippen LogP contribution in [0.25, 0.3) is 0 Å². The summed E-state index contributed by atoms with van der Waals surface area (Å²) in [6.07, 6.45) is 6.53. The first kappa shape index (κ1) is 10.6. The van der Waals surface area contributed by atoms with Gasteiger partial charge in [0.25, 0.3) is 0 Å². The summed E-state index contributed by atoms with van der Waals surface area (Å²) in [6, 6.07) is 0. The predicted molar refractivity (Wildman–Crippen MR) is 59.2 cm³/mol. The molecule has 0 aliphatic rings. The molecule has 5 nitrogen and oxygen atoms in total. The number of rotatable bonds is 4. The molecular formula is C11H14N4O. The van der Waals surface area contributed by atoms with Crippen molar-refractivity contribution < 1.29 is 4.79 Å². The van der Waals surface area contributed by atoms with Gasteiger partial charge in [-0.15, -0.1) is 0 Å². The van der Waals surface area contributed by atoms with Crippen molar-refractivity contribution in [1.82, 2.24) is 19.1 Å². The van der Waals surface area contributed by atoms with Crippen molar-refractivity contribution in [1.29, 1.82) is 0 Å². The summed E-state index contributed by atoms with van der Waals surface area (Å²) in [5.74, 6) is -0.0290. The Labute approximate surface area is 93.8 Å². The summed E-state index contributed by atoms with van der Waals surface area (Å²) in [4.78, 5) is 20.2. The zero-order valence-corrected chi connectivity index (χ0v) is 9.42. The Hall–Kier alpha value is -1.91. The molecule has 5 heteroatoms. The number of ketones is 1. The van der Waals surface area contributed by atoms with Gasteiger partial charge in [-0.1, -0.05) is 0 Å². The first-order valence-electron chi connectivity index (χ1n) is 5.32. The summed E-state index contributed by atoms with van der Waals surface area (Å²) < 4.78 is 3.66. The Morgan fingerprint density at radius 1 is 1.06 bits per heavy atom. The second-order valence-electron chi connectivity index (χ2n) is 3.46. The lowest BCUT2D eigenvalue weighted by molar-refractivity contribution is 0.102. The van der Waals surface area contributed by atoms with Crippen LogP contribution in [-0.2, 0) is 13.1 Å². The van der Waals surface area contributed by atoms with Crippen LogP contribution in [0.15, 0.2) is 25.0 Å².